The summed E-state index contributed by atoms with van der Waals surface area (Å²) in [6.07, 6.45) is -0.0242. The number of nitrogens with zero attached hydrogens (tertiary/aromatic N) is 1. The molecular weight excluding hydrogens is 334 g/mol. The van der Waals surface area contributed by atoms with E-state index in [-0.39, 0.29) is 25.4 Å². The standard InChI is InChI=1S/C20H19NO5/c1-13-7-8-15(11-14(13)2)17(22)12-25-19(23)9-10-21-16-5-3-4-6-18(16)26-20(21)24/h3-8,11H,9-10,12H2,1-2H3. The molecule has 0 atom stereocenters. The lowest BCUT2D eigenvalue weighted by atomic mass is 10.0. The van der Waals surface area contributed by atoms with E-state index in [0.29, 0.717) is 16.7 Å². The van der Waals surface area contributed by atoms with Crippen LogP contribution in [0.1, 0.15) is 27.9 Å². The van der Waals surface area contributed by atoms with E-state index in [4.69, 9.17) is 9.15 Å². The number of Topliss-reactive ketones (excluding diaryl/α,β-unsaturated/α-hetero) is 1. The zero-order chi connectivity index (χ0) is 18.7. The minimum Gasteiger partial charge on any atom is -0.457 e. The highest BCUT2D eigenvalue weighted by molar-refractivity contribution is 5.98. The fraction of sp³-hybridized carbons (Fsp3) is 0.250. The highest BCUT2D eigenvalue weighted by Crippen LogP contribution is 2.13. The van der Waals surface area contributed by atoms with Gasteiger partial charge >= 0.3 is 11.7 Å². The zero-order valence-electron chi connectivity index (χ0n) is 14.7. The number of carbonyl (C=O) groups excluding carboxylic acids is 2. The Bertz CT molecular complexity index is 1030. The summed E-state index contributed by atoms with van der Waals surface area (Å²) in [5.74, 6) is -1.32. The van der Waals surface area contributed by atoms with Crippen molar-refractivity contribution in [2.45, 2.75) is 26.8 Å². The van der Waals surface area contributed by atoms with Gasteiger partial charge in [0.15, 0.2) is 18.0 Å². The van der Waals surface area contributed by atoms with Crippen molar-refractivity contribution in [2.75, 3.05) is 6.61 Å². The zero-order valence-corrected chi connectivity index (χ0v) is 14.7. The Hall–Kier alpha value is -3.15. The van der Waals surface area contributed by atoms with Crippen molar-refractivity contribution in [1.29, 1.82) is 0 Å². The van der Waals surface area contributed by atoms with Crippen LogP contribution in [0.15, 0.2) is 51.7 Å². The molecule has 0 aliphatic carbocycles. The number of aromatic nitrogens is 1. The number of hydrogen-bond acceptors (Lipinski definition) is 5. The number of benzene rings is 2. The number of rotatable bonds is 6. The average Bonchev–Trinajstić information content (AvgIpc) is 2.95. The van der Waals surface area contributed by atoms with E-state index in [0.717, 1.165) is 11.1 Å². The molecule has 0 saturated heterocycles. The Balaban J connectivity index is 1.57. The first-order valence-corrected chi connectivity index (χ1v) is 8.30. The summed E-state index contributed by atoms with van der Waals surface area (Å²) in [5, 5.41) is 0. The normalized spacial score (nSPS) is 10.8. The molecule has 6 nitrogen and oxygen atoms in total. The number of oxazole rings is 1. The van der Waals surface area contributed by atoms with E-state index in [1.807, 2.05) is 19.9 Å². The van der Waals surface area contributed by atoms with Crippen molar-refractivity contribution in [3.63, 3.8) is 0 Å². The minimum atomic E-state index is -0.542. The highest BCUT2D eigenvalue weighted by Gasteiger charge is 2.13. The highest BCUT2D eigenvalue weighted by atomic mass is 16.5. The summed E-state index contributed by atoms with van der Waals surface area (Å²) in [7, 11) is 0. The Morgan fingerprint density at radius 1 is 1.08 bits per heavy atom. The van der Waals surface area contributed by atoms with Crippen LogP contribution in [0.25, 0.3) is 11.1 Å². The number of para-hydroxylation sites is 2. The molecule has 1 aromatic heterocycles. The molecule has 0 unspecified atom stereocenters. The van der Waals surface area contributed by atoms with Gasteiger partial charge in [-0.3, -0.25) is 14.2 Å². The number of hydrogen-bond donors (Lipinski definition) is 0. The molecule has 0 bridgehead atoms. The van der Waals surface area contributed by atoms with Gasteiger partial charge in [-0.2, -0.15) is 0 Å². The van der Waals surface area contributed by atoms with Crippen molar-refractivity contribution in [1.82, 2.24) is 4.57 Å². The Labute approximate surface area is 150 Å². The van der Waals surface area contributed by atoms with Gasteiger partial charge in [0.05, 0.1) is 11.9 Å². The summed E-state index contributed by atoms with van der Waals surface area (Å²) >= 11 is 0. The van der Waals surface area contributed by atoms with Crippen molar-refractivity contribution < 1.29 is 18.7 Å². The van der Waals surface area contributed by atoms with E-state index in [9.17, 15) is 14.4 Å². The van der Waals surface area contributed by atoms with Gasteiger partial charge in [0.1, 0.15) is 0 Å². The van der Waals surface area contributed by atoms with Crippen LogP contribution >= 0.6 is 0 Å². The van der Waals surface area contributed by atoms with Crippen LogP contribution in [0.3, 0.4) is 0 Å². The Morgan fingerprint density at radius 2 is 1.85 bits per heavy atom. The predicted octanol–water partition coefficient (Wildman–Crippen LogP) is 3.03. The van der Waals surface area contributed by atoms with E-state index in [1.165, 1.54) is 4.57 Å². The molecule has 3 aromatic rings. The smallest absolute Gasteiger partial charge is 0.419 e. The fourth-order valence-corrected chi connectivity index (χ4v) is 2.65. The minimum absolute atomic E-state index is 0.0242. The molecule has 2 aromatic carbocycles. The van der Waals surface area contributed by atoms with E-state index >= 15 is 0 Å². The number of esters is 1. The molecule has 0 aliphatic rings. The second kappa shape index (κ2) is 7.39. The van der Waals surface area contributed by atoms with E-state index < -0.39 is 11.7 Å². The number of ketones is 1. The first-order chi connectivity index (χ1) is 12.5. The van der Waals surface area contributed by atoms with Crippen LogP contribution in [0.4, 0.5) is 0 Å². The van der Waals surface area contributed by atoms with Crippen LogP contribution in [-0.2, 0) is 16.1 Å². The molecule has 0 fully saturated rings. The summed E-state index contributed by atoms with van der Waals surface area (Å²) in [4.78, 5) is 35.9. The lowest BCUT2D eigenvalue weighted by Gasteiger charge is -2.06. The third-order valence-electron chi connectivity index (χ3n) is 4.31. The maximum absolute atomic E-state index is 12.1. The van der Waals surface area contributed by atoms with Crippen molar-refractivity contribution in [3.8, 4) is 0 Å². The third kappa shape index (κ3) is 3.74. The van der Waals surface area contributed by atoms with Gasteiger partial charge in [-0.15, -0.1) is 0 Å². The first kappa shape index (κ1) is 17.7. The Kier molecular flexibility index (Phi) is 5.02. The molecule has 3 rings (SSSR count). The second-order valence-electron chi connectivity index (χ2n) is 6.12. The van der Waals surface area contributed by atoms with E-state index in [2.05, 4.69) is 0 Å². The molecule has 0 N–H and O–H groups in total. The predicted molar refractivity (Wildman–Crippen MR) is 96.3 cm³/mol. The van der Waals surface area contributed by atoms with E-state index in [1.54, 1.807) is 36.4 Å². The topological polar surface area (TPSA) is 78.5 Å². The molecule has 0 radical (unpaired) electrons. The molecule has 134 valence electrons. The average molecular weight is 353 g/mol. The number of aryl methyl sites for hydroxylation is 3. The Morgan fingerprint density at radius 3 is 2.62 bits per heavy atom. The van der Waals surface area contributed by atoms with Gasteiger partial charge in [-0.1, -0.05) is 24.3 Å². The SMILES string of the molecule is Cc1ccc(C(=O)COC(=O)CCn2c(=O)oc3ccccc32)cc1C. The van der Waals surface area contributed by atoms with Crippen molar-refractivity contribution >= 4 is 22.9 Å². The van der Waals surface area contributed by atoms with Crippen LogP contribution < -0.4 is 5.76 Å². The number of ether oxygens (including phenoxy) is 1. The lowest BCUT2D eigenvalue weighted by Crippen LogP contribution is -2.19. The van der Waals surface area contributed by atoms with Gasteiger partial charge in [0.25, 0.3) is 0 Å². The molecule has 26 heavy (non-hydrogen) atoms. The molecule has 1 heterocycles. The number of carbonyl (C=O) groups is 2. The van der Waals surface area contributed by atoms with Gasteiger partial charge in [-0.05, 0) is 43.2 Å². The maximum Gasteiger partial charge on any atom is 0.419 e. The summed E-state index contributed by atoms with van der Waals surface area (Å²) < 4.78 is 11.5. The van der Waals surface area contributed by atoms with Gasteiger partial charge < -0.3 is 9.15 Å². The van der Waals surface area contributed by atoms with Crippen LogP contribution in [0, 0.1) is 13.8 Å². The monoisotopic (exact) mass is 353 g/mol. The summed E-state index contributed by atoms with van der Waals surface area (Å²) in [6.45, 7) is 3.70. The maximum atomic E-state index is 12.1. The second-order valence-corrected chi connectivity index (χ2v) is 6.12. The molecule has 0 saturated carbocycles. The van der Waals surface area contributed by atoms with Gasteiger partial charge in [-0.25, -0.2) is 4.79 Å². The fourth-order valence-electron chi connectivity index (χ4n) is 2.65. The lowest BCUT2D eigenvalue weighted by molar-refractivity contribution is -0.142. The van der Waals surface area contributed by atoms with Crippen molar-refractivity contribution in [3.05, 3.63) is 69.7 Å². The van der Waals surface area contributed by atoms with Gasteiger partial charge in [0.2, 0.25) is 0 Å². The molecule has 6 heteroatoms. The van der Waals surface area contributed by atoms with Crippen molar-refractivity contribution in [2.24, 2.45) is 0 Å². The van der Waals surface area contributed by atoms with Crippen LogP contribution in [0.5, 0.6) is 0 Å². The molecule has 0 aliphatic heterocycles. The summed E-state index contributed by atoms with van der Waals surface area (Å²) in [5.41, 5.74) is 3.70. The quantitative estimate of drug-likeness (QED) is 0.503. The molecule has 0 amide bonds. The number of fused-ring (bicyclic) bond motifs is 1. The molecule has 0 spiro atoms. The first-order valence-electron chi connectivity index (χ1n) is 8.30. The van der Waals surface area contributed by atoms with Crippen LogP contribution in [0.2, 0.25) is 0 Å². The third-order valence-corrected chi connectivity index (χ3v) is 4.31. The summed E-state index contributed by atoms with van der Waals surface area (Å²) in [6, 6.07) is 12.3. The van der Waals surface area contributed by atoms with Gasteiger partial charge in [0, 0.05) is 12.1 Å². The molecular formula is C20H19NO5. The van der Waals surface area contributed by atoms with Crippen LogP contribution in [-0.4, -0.2) is 22.9 Å². The largest absolute Gasteiger partial charge is 0.457 e.